The molecule has 0 aromatic heterocycles. The third-order valence-electron chi connectivity index (χ3n) is 1.65. The summed E-state index contributed by atoms with van der Waals surface area (Å²) in [5.41, 5.74) is 1.26. The topological polar surface area (TPSA) is 9.23 Å². The first-order valence-electron chi connectivity index (χ1n) is 4.38. The molecule has 1 rings (SSSR count). The second kappa shape index (κ2) is 6.97. The molecule has 1 nitrogen and oxygen atoms in total. The second-order valence-corrected chi connectivity index (χ2v) is 2.89. The first kappa shape index (κ1) is 12.5. The molecule has 0 saturated heterocycles. The van der Waals surface area contributed by atoms with E-state index in [9.17, 15) is 0 Å². The van der Waals surface area contributed by atoms with E-state index in [1.165, 1.54) is 5.56 Å². The molecule has 0 aliphatic carbocycles. The van der Waals surface area contributed by atoms with Crippen LogP contribution in [0.3, 0.4) is 0 Å². The van der Waals surface area contributed by atoms with Crippen LogP contribution in [0.4, 0.5) is 0 Å². The number of hydrogen-bond donors (Lipinski definition) is 0. The monoisotopic (exact) mass is 221 g/mol. The molecule has 0 fully saturated rings. The van der Waals surface area contributed by atoms with Crippen molar-refractivity contribution < 1.29 is 21.2 Å². The van der Waals surface area contributed by atoms with E-state index in [4.69, 9.17) is 4.74 Å². The van der Waals surface area contributed by atoms with Gasteiger partial charge < -0.3 is 4.74 Å². The normalized spacial score (nSPS) is 9.08. The van der Waals surface area contributed by atoms with Crippen molar-refractivity contribution in [2.45, 2.75) is 26.7 Å². The number of hydrogen-bond acceptors (Lipinski definition) is 1. The summed E-state index contributed by atoms with van der Waals surface area (Å²) < 4.78 is 5.38. The summed E-state index contributed by atoms with van der Waals surface area (Å²) in [6.45, 7) is 6.05. The van der Waals surface area contributed by atoms with Crippen LogP contribution >= 0.6 is 0 Å². The maximum atomic E-state index is 5.38. The average molecular weight is 222 g/mol. The fourth-order valence-corrected chi connectivity index (χ4v) is 0.890. The summed E-state index contributed by atoms with van der Waals surface area (Å²) in [7, 11) is 0. The summed E-state index contributed by atoms with van der Waals surface area (Å²) >= 11 is 0. The van der Waals surface area contributed by atoms with Gasteiger partial charge in [0.05, 0.1) is 5.75 Å². The van der Waals surface area contributed by atoms with E-state index < -0.39 is 0 Å². The Bertz CT molecular complexity index is 218. The summed E-state index contributed by atoms with van der Waals surface area (Å²) in [5, 5.41) is 0. The van der Waals surface area contributed by atoms with Crippen molar-refractivity contribution in [2.24, 2.45) is 0 Å². The number of unbranched alkanes of at least 4 members (excludes halogenated alkanes) is 1. The van der Waals surface area contributed by atoms with Crippen molar-refractivity contribution in [3.05, 3.63) is 36.4 Å². The molecule has 76 valence electrons. The van der Waals surface area contributed by atoms with E-state index in [0.717, 1.165) is 18.6 Å². The van der Waals surface area contributed by atoms with Crippen LogP contribution < -0.4 is 4.74 Å². The van der Waals surface area contributed by atoms with Crippen LogP contribution in [-0.4, -0.2) is 0 Å². The molecule has 0 atom stereocenters. The Kier molecular flexibility index (Phi) is 6.71. The van der Waals surface area contributed by atoms with Crippen LogP contribution in [0.5, 0.6) is 5.75 Å². The Morgan fingerprint density at radius 3 is 2.38 bits per heavy atom. The smallest absolute Gasteiger partial charge is 0.0845 e. The van der Waals surface area contributed by atoms with Crippen molar-refractivity contribution in [3.63, 3.8) is 0 Å². The molecule has 0 spiro atoms. The minimum atomic E-state index is 0. The van der Waals surface area contributed by atoms with Crippen LogP contribution in [0.2, 0.25) is 0 Å². The molecule has 1 aromatic carbocycles. The predicted octanol–water partition coefficient (Wildman–Crippen LogP) is 3.33. The van der Waals surface area contributed by atoms with Crippen LogP contribution in [0.15, 0.2) is 24.3 Å². The fourth-order valence-electron chi connectivity index (χ4n) is 0.890. The minimum absolute atomic E-state index is 0. The van der Waals surface area contributed by atoms with Gasteiger partial charge in [0.2, 0.25) is 0 Å². The standard InChI is InChI=1S/C11H15O.Ni/c1-3-4-9-12-11-7-5-10(2)6-8-11;/h5-9H,3-4H2,1-2H3;/q-1;. The molecule has 0 amide bonds. The van der Waals surface area contributed by atoms with Crippen molar-refractivity contribution in [1.82, 2.24) is 0 Å². The molecular formula is C11H15NiO-. The maximum Gasteiger partial charge on any atom is 0.0845 e. The summed E-state index contributed by atoms with van der Waals surface area (Å²) in [6.07, 6.45) is 2.14. The molecule has 0 bridgehead atoms. The maximum absolute atomic E-state index is 5.38. The molecule has 0 aliphatic heterocycles. The van der Waals surface area contributed by atoms with E-state index in [1.54, 1.807) is 0 Å². The Morgan fingerprint density at radius 1 is 1.23 bits per heavy atom. The predicted molar refractivity (Wildman–Crippen MR) is 51.0 cm³/mol. The van der Waals surface area contributed by atoms with Crippen LogP contribution in [0.25, 0.3) is 0 Å². The average Bonchev–Trinajstić information content (AvgIpc) is 2.09. The van der Waals surface area contributed by atoms with E-state index in [2.05, 4.69) is 26.0 Å². The van der Waals surface area contributed by atoms with Gasteiger partial charge in [-0.05, 0) is 19.1 Å². The van der Waals surface area contributed by atoms with Crippen LogP contribution in [-0.2, 0) is 16.5 Å². The Balaban J connectivity index is 0.00000144. The Labute approximate surface area is 90.4 Å². The number of rotatable bonds is 4. The number of aryl methyl sites for hydroxylation is 1. The van der Waals surface area contributed by atoms with E-state index >= 15 is 0 Å². The van der Waals surface area contributed by atoms with Gasteiger partial charge in [-0.1, -0.05) is 31.0 Å². The molecule has 1 aromatic rings. The zero-order chi connectivity index (χ0) is 8.81. The quantitative estimate of drug-likeness (QED) is 0.431. The molecule has 0 N–H and O–H groups in total. The van der Waals surface area contributed by atoms with E-state index in [1.807, 2.05) is 18.7 Å². The third kappa shape index (κ3) is 4.95. The summed E-state index contributed by atoms with van der Waals surface area (Å²) in [6, 6.07) is 8.08. The van der Waals surface area contributed by atoms with Crippen LogP contribution in [0, 0.1) is 13.5 Å². The third-order valence-corrected chi connectivity index (χ3v) is 1.65. The fraction of sp³-hybridized carbons (Fsp3) is 0.364. The van der Waals surface area contributed by atoms with E-state index in [-0.39, 0.29) is 16.5 Å². The Hall–Kier alpha value is -0.486. The van der Waals surface area contributed by atoms with Gasteiger partial charge in [0.25, 0.3) is 0 Å². The Morgan fingerprint density at radius 2 is 1.85 bits per heavy atom. The molecular weight excluding hydrogens is 207 g/mol. The van der Waals surface area contributed by atoms with Gasteiger partial charge in [-0.2, -0.15) is 6.61 Å². The number of ether oxygens (including phenoxy) is 1. The molecule has 0 heterocycles. The van der Waals surface area contributed by atoms with Gasteiger partial charge in [0.15, 0.2) is 0 Å². The minimum Gasteiger partial charge on any atom is -0.662 e. The van der Waals surface area contributed by atoms with Crippen molar-refractivity contribution >= 4 is 0 Å². The van der Waals surface area contributed by atoms with E-state index in [0.29, 0.717) is 0 Å². The molecule has 0 radical (unpaired) electrons. The summed E-state index contributed by atoms with van der Waals surface area (Å²) in [5.74, 6) is 0.925. The molecule has 0 unspecified atom stereocenters. The zero-order valence-electron chi connectivity index (χ0n) is 8.03. The van der Waals surface area contributed by atoms with Gasteiger partial charge in [-0.15, -0.1) is 6.42 Å². The molecule has 2 heteroatoms. The number of benzene rings is 1. The molecule has 0 saturated carbocycles. The van der Waals surface area contributed by atoms with Crippen molar-refractivity contribution in [2.75, 3.05) is 0 Å². The van der Waals surface area contributed by atoms with Gasteiger partial charge in [-0.3, -0.25) is 0 Å². The second-order valence-electron chi connectivity index (χ2n) is 2.89. The van der Waals surface area contributed by atoms with Crippen molar-refractivity contribution in [3.8, 4) is 5.75 Å². The van der Waals surface area contributed by atoms with Gasteiger partial charge >= 0.3 is 0 Å². The molecule has 0 aliphatic rings. The van der Waals surface area contributed by atoms with Gasteiger partial charge in [0, 0.05) is 16.5 Å². The van der Waals surface area contributed by atoms with Crippen molar-refractivity contribution in [1.29, 1.82) is 0 Å². The molecule has 13 heavy (non-hydrogen) atoms. The largest absolute Gasteiger partial charge is 0.662 e. The summed E-state index contributed by atoms with van der Waals surface area (Å²) in [4.78, 5) is 0. The SMILES string of the molecule is CCC[CH-]Oc1ccc(C)cc1.[Ni]. The zero-order valence-corrected chi connectivity index (χ0v) is 9.01. The first-order chi connectivity index (χ1) is 5.83. The first-order valence-corrected chi connectivity index (χ1v) is 4.38. The van der Waals surface area contributed by atoms with Crippen LogP contribution in [0.1, 0.15) is 25.3 Å². The van der Waals surface area contributed by atoms with Gasteiger partial charge in [-0.25, -0.2) is 0 Å². The van der Waals surface area contributed by atoms with Gasteiger partial charge in [0.1, 0.15) is 0 Å².